The third-order valence-corrected chi connectivity index (χ3v) is 4.96. The molecular weight excluding hydrogens is 302 g/mol. The Hall–Kier alpha value is -1.03. The molecule has 112 valence electrons. The lowest BCUT2D eigenvalue weighted by Crippen LogP contribution is -2.25. The number of fused-ring (bicyclic) bond motifs is 1. The third-order valence-electron chi connectivity index (χ3n) is 3.67. The SMILES string of the molecule is CC1(C)Cc2cccc(CNCCc3ccc(Cl)s3)c2O1. The highest BCUT2D eigenvalue weighted by Gasteiger charge is 2.31. The summed E-state index contributed by atoms with van der Waals surface area (Å²) in [5, 5.41) is 3.50. The third kappa shape index (κ3) is 3.60. The van der Waals surface area contributed by atoms with Gasteiger partial charge in [0.05, 0.1) is 4.34 Å². The summed E-state index contributed by atoms with van der Waals surface area (Å²) in [7, 11) is 0. The Morgan fingerprint density at radius 3 is 2.90 bits per heavy atom. The first-order chi connectivity index (χ1) is 10.0. The molecule has 0 fully saturated rings. The second-order valence-electron chi connectivity index (χ2n) is 6.08. The highest BCUT2D eigenvalue weighted by molar-refractivity contribution is 7.16. The van der Waals surface area contributed by atoms with E-state index in [1.807, 2.05) is 6.07 Å². The number of nitrogens with one attached hydrogen (secondary N) is 1. The molecule has 3 rings (SSSR count). The molecule has 0 amide bonds. The summed E-state index contributed by atoms with van der Waals surface area (Å²) in [5.74, 6) is 1.08. The van der Waals surface area contributed by atoms with Gasteiger partial charge in [-0.25, -0.2) is 0 Å². The van der Waals surface area contributed by atoms with Gasteiger partial charge in [-0.05, 0) is 38.0 Å². The highest BCUT2D eigenvalue weighted by atomic mass is 35.5. The van der Waals surface area contributed by atoms with E-state index < -0.39 is 0 Å². The smallest absolute Gasteiger partial charge is 0.127 e. The van der Waals surface area contributed by atoms with Crippen molar-refractivity contribution in [3.8, 4) is 5.75 Å². The Morgan fingerprint density at radius 2 is 2.14 bits per heavy atom. The van der Waals surface area contributed by atoms with Gasteiger partial charge in [0.1, 0.15) is 11.4 Å². The van der Waals surface area contributed by atoms with Crippen LogP contribution in [0.5, 0.6) is 5.75 Å². The van der Waals surface area contributed by atoms with E-state index in [1.54, 1.807) is 11.3 Å². The fourth-order valence-electron chi connectivity index (χ4n) is 2.74. The van der Waals surface area contributed by atoms with Crippen molar-refractivity contribution >= 4 is 22.9 Å². The van der Waals surface area contributed by atoms with Gasteiger partial charge in [0, 0.05) is 30.0 Å². The van der Waals surface area contributed by atoms with E-state index in [-0.39, 0.29) is 5.60 Å². The monoisotopic (exact) mass is 321 g/mol. The van der Waals surface area contributed by atoms with Crippen molar-refractivity contribution in [2.75, 3.05) is 6.54 Å². The molecule has 1 N–H and O–H groups in total. The molecule has 1 aromatic carbocycles. The second-order valence-corrected chi connectivity index (χ2v) is 7.88. The van der Waals surface area contributed by atoms with Crippen LogP contribution in [0.4, 0.5) is 0 Å². The van der Waals surface area contributed by atoms with Gasteiger partial charge < -0.3 is 10.1 Å². The lowest BCUT2D eigenvalue weighted by Gasteiger charge is -2.18. The van der Waals surface area contributed by atoms with Gasteiger partial charge in [-0.2, -0.15) is 0 Å². The molecule has 1 aromatic heterocycles. The first-order valence-corrected chi connectivity index (χ1v) is 8.48. The number of halogens is 1. The number of thiophene rings is 1. The van der Waals surface area contributed by atoms with E-state index in [4.69, 9.17) is 16.3 Å². The van der Waals surface area contributed by atoms with E-state index in [9.17, 15) is 0 Å². The van der Waals surface area contributed by atoms with Crippen LogP contribution in [0, 0.1) is 0 Å². The van der Waals surface area contributed by atoms with Crippen LogP contribution in [0.1, 0.15) is 29.9 Å². The molecule has 1 aliphatic rings. The molecule has 0 spiro atoms. The Kier molecular flexibility index (Phi) is 4.25. The Labute approximate surface area is 135 Å². The maximum atomic E-state index is 6.09. The zero-order valence-electron chi connectivity index (χ0n) is 12.4. The summed E-state index contributed by atoms with van der Waals surface area (Å²) in [5.41, 5.74) is 2.50. The molecule has 2 heterocycles. The van der Waals surface area contributed by atoms with Gasteiger partial charge in [0.25, 0.3) is 0 Å². The number of hydrogen-bond acceptors (Lipinski definition) is 3. The summed E-state index contributed by atoms with van der Waals surface area (Å²) < 4.78 is 6.95. The van der Waals surface area contributed by atoms with E-state index in [0.29, 0.717) is 0 Å². The fourth-order valence-corrected chi connectivity index (χ4v) is 3.83. The fraction of sp³-hybridized carbons (Fsp3) is 0.412. The van der Waals surface area contributed by atoms with Crippen molar-refractivity contribution in [1.29, 1.82) is 0 Å². The minimum Gasteiger partial charge on any atom is -0.487 e. The van der Waals surface area contributed by atoms with Crippen LogP contribution in [0.2, 0.25) is 4.34 Å². The second kappa shape index (κ2) is 5.99. The van der Waals surface area contributed by atoms with Crippen molar-refractivity contribution in [1.82, 2.24) is 5.32 Å². The average molecular weight is 322 g/mol. The Balaban J connectivity index is 1.56. The van der Waals surface area contributed by atoms with Crippen LogP contribution < -0.4 is 10.1 Å². The summed E-state index contributed by atoms with van der Waals surface area (Å²) in [6, 6.07) is 10.5. The molecule has 0 saturated heterocycles. The molecule has 1 aliphatic heterocycles. The average Bonchev–Trinajstić information content (AvgIpc) is 2.96. The van der Waals surface area contributed by atoms with E-state index in [2.05, 4.69) is 43.4 Å². The van der Waals surface area contributed by atoms with Gasteiger partial charge in [-0.1, -0.05) is 29.8 Å². The topological polar surface area (TPSA) is 21.3 Å². The first-order valence-electron chi connectivity index (χ1n) is 7.28. The quantitative estimate of drug-likeness (QED) is 0.822. The van der Waals surface area contributed by atoms with Crippen molar-refractivity contribution in [3.63, 3.8) is 0 Å². The lowest BCUT2D eigenvalue weighted by atomic mass is 10.0. The molecule has 21 heavy (non-hydrogen) atoms. The molecule has 0 saturated carbocycles. The molecule has 0 radical (unpaired) electrons. The number of para-hydroxylation sites is 1. The van der Waals surface area contributed by atoms with Crippen molar-refractivity contribution < 1.29 is 4.74 Å². The molecule has 0 atom stereocenters. The maximum Gasteiger partial charge on any atom is 0.127 e. The van der Waals surface area contributed by atoms with Crippen molar-refractivity contribution in [2.24, 2.45) is 0 Å². The van der Waals surface area contributed by atoms with Gasteiger partial charge in [-0.15, -0.1) is 11.3 Å². The number of hydrogen-bond donors (Lipinski definition) is 1. The summed E-state index contributed by atoms with van der Waals surface area (Å²) in [6.45, 7) is 6.08. The standard InChI is InChI=1S/C17H20ClNOS/c1-17(2)10-12-4-3-5-13(16(12)20-17)11-19-9-8-14-6-7-15(18)21-14/h3-7,19H,8-11H2,1-2H3. The Bertz CT molecular complexity index is 635. The zero-order valence-corrected chi connectivity index (χ0v) is 14.0. The number of benzene rings is 1. The summed E-state index contributed by atoms with van der Waals surface area (Å²) in [4.78, 5) is 1.32. The van der Waals surface area contributed by atoms with Crippen molar-refractivity contribution in [2.45, 2.75) is 38.8 Å². The maximum absolute atomic E-state index is 6.09. The number of ether oxygens (including phenoxy) is 1. The number of rotatable bonds is 5. The molecule has 0 bridgehead atoms. The van der Waals surface area contributed by atoms with Gasteiger partial charge in [0.15, 0.2) is 0 Å². The van der Waals surface area contributed by atoms with Gasteiger partial charge >= 0.3 is 0 Å². The van der Waals surface area contributed by atoms with Crippen LogP contribution in [-0.2, 0) is 19.4 Å². The minimum absolute atomic E-state index is 0.0772. The molecule has 2 aromatic rings. The Morgan fingerprint density at radius 1 is 1.29 bits per heavy atom. The van der Waals surface area contributed by atoms with E-state index in [0.717, 1.165) is 36.0 Å². The predicted molar refractivity (Wildman–Crippen MR) is 89.6 cm³/mol. The van der Waals surface area contributed by atoms with E-state index >= 15 is 0 Å². The zero-order chi connectivity index (χ0) is 14.9. The predicted octanol–water partition coefficient (Wildman–Crippen LogP) is 4.45. The lowest BCUT2D eigenvalue weighted by molar-refractivity contribution is 0.137. The molecule has 0 unspecified atom stereocenters. The largest absolute Gasteiger partial charge is 0.487 e. The summed E-state index contributed by atoms with van der Waals surface area (Å²) in [6.07, 6.45) is 2.00. The minimum atomic E-state index is -0.0772. The first kappa shape index (κ1) is 14.9. The normalized spacial score (nSPS) is 15.8. The van der Waals surface area contributed by atoms with Crippen LogP contribution in [0.15, 0.2) is 30.3 Å². The van der Waals surface area contributed by atoms with Crippen LogP contribution in [-0.4, -0.2) is 12.1 Å². The molecule has 0 aliphatic carbocycles. The molecule has 2 nitrogen and oxygen atoms in total. The summed E-state index contributed by atoms with van der Waals surface area (Å²) >= 11 is 7.60. The molecular formula is C17H20ClNOS. The molecule has 4 heteroatoms. The van der Waals surface area contributed by atoms with Crippen molar-refractivity contribution in [3.05, 3.63) is 50.7 Å². The van der Waals surface area contributed by atoms with Crippen LogP contribution in [0.25, 0.3) is 0 Å². The van der Waals surface area contributed by atoms with Crippen LogP contribution >= 0.6 is 22.9 Å². The van der Waals surface area contributed by atoms with Gasteiger partial charge in [0.2, 0.25) is 0 Å². The van der Waals surface area contributed by atoms with Gasteiger partial charge in [-0.3, -0.25) is 0 Å². The van der Waals surface area contributed by atoms with E-state index in [1.165, 1.54) is 16.0 Å². The van der Waals surface area contributed by atoms with Crippen LogP contribution in [0.3, 0.4) is 0 Å². The highest BCUT2D eigenvalue weighted by Crippen LogP contribution is 2.37.